The topological polar surface area (TPSA) is 62.5 Å². The molecule has 0 N–H and O–H groups in total. The highest BCUT2D eigenvalue weighted by Crippen LogP contribution is 2.22. The van der Waals surface area contributed by atoms with Gasteiger partial charge in [0, 0.05) is 35.3 Å². The van der Waals surface area contributed by atoms with Crippen LogP contribution in [0.1, 0.15) is 16.2 Å². The number of thiophene rings is 1. The van der Waals surface area contributed by atoms with Gasteiger partial charge in [-0.15, -0.1) is 11.3 Å². The van der Waals surface area contributed by atoms with Crippen LogP contribution in [0.25, 0.3) is 10.7 Å². The van der Waals surface area contributed by atoms with Crippen molar-refractivity contribution >= 4 is 39.8 Å². The lowest BCUT2D eigenvalue weighted by atomic mass is 10.2. The highest BCUT2D eigenvalue weighted by Gasteiger charge is 2.23. The second-order valence-electron chi connectivity index (χ2n) is 6.07. The molecule has 0 unspecified atom stereocenters. The number of benzene rings is 1. The number of piperazine rings is 1. The number of halogens is 1. The molecule has 3 heterocycles. The van der Waals surface area contributed by atoms with Crippen LogP contribution in [-0.4, -0.2) is 52.0 Å². The van der Waals surface area contributed by atoms with Gasteiger partial charge in [0.15, 0.2) is 0 Å². The first-order valence-corrected chi connectivity index (χ1v) is 10.3. The fourth-order valence-corrected chi connectivity index (χ4v) is 4.12. The summed E-state index contributed by atoms with van der Waals surface area (Å²) >= 11 is 3.82. The zero-order valence-corrected chi connectivity index (χ0v) is 16.9. The molecule has 1 saturated heterocycles. The Hall–Kier alpha value is -1.78. The molecule has 0 bridgehead atoms. The third-order valence-electron chi connectivity index (χ3n) is 4.30. The van der Waals surface area contributed by atoms with Crippen molar-refractivity contribution in [2.75, 3.05) is 26.2 Å². The summed E-state index contributed by atoms with van der Waals surface area (Å²) in [6, 6.07) is 11.7. The van der Waals surface area contributed by atoms with Crippen LogP contribution in [0.3, 0.4) is 0 Å². The molecule has 6 nitrogen and oxygen atoms in total. The van der Waals surface area contributed by atoms with Gasteiger partial charge in [0.1, 0.15) is 0 Å². The Morgan fingerprint density at radius 2 is 2.04 bits per heavy atom. The van der Waals surface area contributed by atoms with E-state index in [1.807, 2.05) is 46.7 Å². The van der Waals surface area contributed by atoms with Crippen molar-refractivity contribution in [2.45, 2.75) is 6.54 Å². The van der Waals surface area contributed by atoms with Crippen LogP contribution in [0.2, 0.25) is 0 Å². The van der Waals surface area contributed by atoms with Gasteiger partial charge in [-0.2, -0.15) is 4.98 Å². The van der Waals surface area contributed by atoms with Gasteiger partial charge < -0.3 is 9.42 Å². The highest BCUT2D eigenvalue weighted by atomic mass is 127. The monoisotopic (exact) mass is 480 g/mol. The van der Waals surface area contributed by atoms with Crippen LogP contribution in [0.4, 0.5) is 0 Å². The Morgan fingerprint density at radius 3 is 2.77 bits per heavy atom. The molecule has 26 heavy (non-hydrogen) atoms. The van der Waals surface area contributed by atoms with Gasteiger partial charge in [-0.1, -0.05) is 17.3 Å². The van der Waals surface area contributed by atoms with Crippen molar-refractivity contribution in [3.8, 4) is 10.7 Å². The summed E-state index contributed by atoms with van der Waals surface area (Å²) in [5.74, 6) is 1.36. The molecule has 8 heteroatoms. The van der Waals surface area contributed by atoms with Crippen molar-refractivity contribution in [1.29, 1.82) is 0 Å². The second kappa shape index (κ2) is 7.85. The van der Waals surface area contributed by atoms with E-state index in [2.05, 4.69) is 37.6 Å². The average molecular weight is 480 g/mol. The first-order chi connectivity index (χ1) is 12.7. The van der Waals surface area contributed by atoms with Gasteiger partial charge >= 0.3 is 0 Å². The van der Waals surface area contributed by atoms with E-state index in [-0.39, 0.29) is 5.91 Å². The molecule has 4 rings (SSSR count). The van der Waals surface area contributed by atoms with Crippen LogP contribution in [0.5, 0.6) is 0 Å². The van der Waals surface area contributed by atoms with Crippen molar-refractivity contribution in [1.82, 2.24) is 19.9 Å². The van der Waals surface area contributed by atoms with E-state index in [0.717, 1.165) is 27.1 Å². The fraction of sp³-hybridized carbons (Fsp3) is 0.278. The van der Waals surface area contributed by atoms with Gasteiger partial charge in [0.05, 0.1) is 11.4 Å². The Labute approximate surface area is 168 Å². The minimum absolute atomic E-state index is 0.0981. The Morgan fingerprint density at radius 1 is 1.19 bits per heavy atom. The standard InChI is InChI=1S/C18H17IN4O2S/c19-14-4-1-3-13(11-14)18(24)23-8-6-22(7-9-23)12-16-20-17(21-25-16)15-5-2-10-26-15/h1-5,10-11H,6-9,12H2. The molecule has 1 amide bonds. The predicted molar refractivity (Wildman–Crippen MR) is 108 cm³/mol. The molecular formula is C18H17IN4O2S. The lowest BCUT2D eigenvalue weighted by Gasteiger charge is -2.34. The first-order valence-electron chi connectivity index (χ1n) is 8.33. The molecule has 2 aromatic heterocycles. The van der Waals surface area contributed by atoms with Crippen LogP contribution in [0, 0.1) is 3.57 Å². The molecule has 0 saturated carbocycles. The predicted octanol–water partition coefficient (Wildman–Crippen LogP) is 3.36. The molecule has 1 aromatic carbocycles. The van der Waals surface area contributed by atoms with Crippen LogP contribution >= 0.6 is 33.9 Å². The maximum Gasteiger partial charge on any atom is 0.253 e. The van der Waals surface area contributed by atoms with E-state index in [1.54, 1.807) is 11.3 Å². The van der Waals surface area contributed by atoms with E-state index >= 15 is 0 Å². The Bertz CT molecular complexity index is 888. The number of nitrogens with zero attached hydrogens (tertiary/aromatic N) is 4. The summed E-state index contributed by atoms with van der Waals surface area (Å²) in [5.41, 5.74) is 0.753. The molecule has 1 aliphatic rings. The fourth-order valence-electron chi connectivity index (χ4n) is 2.93. The van der Waals surface area contributed by atoms with Crippen LogP contribution in [0.15, 0.2) is 46.3 Å². The minimum atomic E-state index is 0.0981. The summed E-state index contributed by atoms with van der Waals surface area (Å²) in [7, 11) is 0. The van der Waals surface area contributed by atoms with Gasteiger partial charge in [-0.25, -0.2) is 0 Å². The average Bonchev–Trinajstić information content (AvgIpc) is 3.33. The highest BCUT2D eigenvalue weighted by molar-refractivity contribution is 14.1. The number of carbonyl (C=O) groups excluding carboxylic acids is 1. The smallest absolute Gasteiger partial charge is 0.253 e. The third-order valence-corrected chi connectivity index (χ3v) is 5.84. The molecule has 0 atom stereocenters. The number of rotatable bonds is 4. The zero-order chi connectivity index (χ0) is 17.9. The lowest BCUT2D eigenvalue weighted by Crippen LogP contribution is -2.48. The van der Waals surface area contributed by atoms with E-state index < -0.39 is 0 Å². The van der Waals surface area contributed by atoms with Crippen molar-refractivity contribution in [3.63, 3.8) is 0 Å². The molecule has 0 spiro atoms. The summed E-state index contributed by atoms with van der Waals surface area (Å²) in [4.78, 5) is 22.2. The maximum absolute atomic E-state index is 12.6. The van der Waals surface area contributed by atoms with Crippen molar-refractivity contribution in [2.24, 2.45) is 0 Å². The molecule has 1 aliphatic heterocycles. The number of carbonyl (C=O) groups is 1. The third kappa shape index (κ3) is 3.97. The van der Waals surface area contributed by atoms with Crippen molar-refractivity contribution in [3.05, 3.63) is 56.8 Å². The SMILES string of the molecule is O=C(c1cccc(I)c1)N1CCN(Cc2nc(-c3cccs3)no2)CC1. The van der Waals surface area contributed by atoms with E-state index in [4.69, 9.17) is 4.52 Å². The van der Waals surface area contributed by atoms with E-state index in [0.29, 0.717) is 31.3 Å². The van der Waals surface area contributed by atoms with E-state index in [9.17, 15) is 4.79 Å². The molecule has 134 valence electrons. The van der Waals surface area contributed by atoms with Crippen LogP contribution < -0.4 is 0 Å². The lowest BCUT2D eigenvalue weighted by molar-refractivity contribution is 0.0615. The van der Waals surface area contributed by atoms with Gasteiger partial charge in [-0.05, 0) is 52.2 Å². The minimum Gasteiger partial charge on any atom is -0.338 e. The van der Waals surface area contributed by atoms with E-state index in [1.165, 1.54) is 0 Å². The zero-order valence-electron chi connectivity index (χ0n) is 14.0. The van der Waals surface area contributed by atoms with Crippen molar-refractivity contribution < 1.29 is 9.32 Å². The number of amides is 1. The summed E-state index contributed by atoms with van der Waals surface area (Å²) in [6.45, 7) is 3.62. The summed E-state index contributed by atoms with van der Waals surface area (Å²) in [6.07, 6.45) is 0. The normalized spacial score (nSPS) is 15.3. The quantitative estimate of drug-likeness (QED) is 0.536. The number of hydrogen-bond donors (Lipinski definition) is 0. The van der Waals surface area contributed by atoms with Gasteiger partial charge in [0.25, 0.3) is 5.91 Å². The second-order valence-corrected chi connectivity index (χ2v) is 8.26. The molecule has 3 aromatic rings. The number of hydrogen-bond acceptors (Lipinski definition) is 6. The maximum atomic E-state index is 12.6. The summed E-state index contributed by atoms with van der Waals surface area (Å²) < 4.78 is 6.44. The largest absolute Gasteiger partial charge is 0.338 e. The summed E-state index contributed by atoms with van der Waals surface area (Å²) in [5, 5.41) is 6.04. The first kappa shape index (κ1) is 17.6. The van der Waals surface area contributed by atoms with Gasteiger partial charge in [-0.3, -0.25) is 9.69 Å². The molecule has 1 fully saturated rings. The molecular weight excluding hydrogens is 463 g/mol. The van der Waals surface area contributed by atoms with Gasteiger partial charge in [0.2, 0.25) is 11.7 Å². The molecule has 0 radical (unpaired) electrons. The Balaban J connectivity index is 1.33. The molecule has 0 aliphatic carbocycles. The van der Waals surface area contributed by atoms with Crippen LogP contribution in [-0.2, 0) is 6.54 Å². The Kier molecular flexibility index (Phi) is 5.32. The number of aromatic nitrogens is 2.